The Morgan fingerprint density at radius 2 is 2.12 bits per heavy atom. The van der Waals surface area contributed by atoms with Gasteiger partial charge >= 0.3 is 6.03 Å². The fourth-order valence-corrected chi connectivity index (χ4v) is 1.72. The van der Waals surface area contributed by atoms with Crippen molar-refractivity contribution in [2.24, 2.45) is 5.73 Å². The number of halogens is 1. The number of primary amides is 1. The third-order valence-corrected chi connectivity index (χ3v) is 2.75. The van der Waals surface area contributed by atoms with Crippen LogP contribution < -0.4 is 22.1 Å². The number of aryl methyl sites for hydroxylation is 1. The summed E-state index contributed by atoms with van der Waals surface area (Å²) < 4.78 is 0.898. The van der Waals surface area contributed by atoms with E-state index in [9.17, 15) is 4.79 Å². The summed E-state index contributed by atoms with van der Waals surface area (Å²) in [5.41, 5.74) is 13.4. The number of hydrogen-bond acceptors (Lipinski definition) is 3. The van der Waals surface area contributed by atoms with Crippen LogP contribution in [0.5, 0.6) is 0 Å². The van der Waals surface area contributed by atoms with Crippen molar-refractivity contribution in [3.63, 3.8) is 0 Å². The summed E-state index contributed by atoms with van der Waals surface area (Å²) in [6.07, 6.45) is 0. The Bertz CT molecular complexity index is 395. The zero-order valence-corrected chi connectivity index (χ0v) is 10.6. The largest absolute Gasteiger partial charge is 0.398 e. The highest BCUT2D eigenvalue weighted by molar-refractivity contribution is 9.10. The van der Waals surface area contributed by atoms with Gasteiger partial charge in [-0.25, -0.2) is 4.79 Å². The fraction of sp³-hybridized carbons (Fsp3) is 0.300. The van der Waals surface area contributed by atoms with Gasteiger partial charge in [0.1, 0.15) is 0 Å². The van der Waals surface area contributed by atoms with Crippen LogP contribution in [0.4, 0.5) is 16.2 Å². The van der Waals surface area contributed by atoms with E-state index >= 15 is 0 Å². The van der Waals surface area contributed by atoms with Crippen molar-refractivity contribution in [2.45, 2.75) is 6.92 Å². The van der Waals surface area contributed by atoms with Gasteiger partial charge in [0.25, 0.3) is 0 Å². The van der Waals surface area contributed by atoms with E-state index in [1.807, 2.05) is 19.1 Å². The SMILES string of the molecule is Cc1cc(NCCNC(N)=O)c(Br)cc1N. The zero-order valence-electron chi connectivity index (χ0n) is 9.01. The van der Waals surface area contributed by atoms with E-state index in [1.165, 1.54) is 0 Å². The molecular weight excluding hydrogens is 272 g/mol. The molecular formula is C10H15BrN4O. The van der Waals surface area contributed by atoms with Crippen molar-refractivity contribution in [1.29, 1.82) is 0 Å². The number of nitrogens with one attached hydrogen (secondary N) is 2. The van der Waals surface area contributed by atoms with Crippen LogP contribution in [0.25, 0.3) is 0 Å². The summed E-state index contributed by atoms with van der Waals surface area (Å²) in [6.45, 7) is 3.02. The summed E-state index contributed by atoms with van der Waals surface area (Å²) in [6, 6.07) is 3.28. The van der Waals surface area contributed by atoms with E-state index in [-0.39, 0.29) is 0 Å². The maximum absolute atomic E-state index is 10.4. The van der Waals surface area contributed by atoms with Gasteiger partial charge in [0.05, 0.1) is 0 Å². The Labute approximate surface area is 103 Å². The van der Waals surface area contributed by atoms with Crippen molar-refractivity contribution >= 4 is 33.3 Å². The van der Waals surface area contributed by atoms with Crippen molar-refractivity contribution in [2.75, 3.05) is 24.1 Å². The molecule has 16 heavy (non-hydrogen) atoms. The van der Waals surface area contributed by atoms with E-state index in [2.05, 4.69) is 26.6 Å². The number of hydrogen-bond donors (Lipinski definition) is 4. The maximum Gasteiger partial charge on any atom is 0.312 e. The van der Waals surface area contributed by atoms with Gasteiger partial charge in [-0.1, -0.05) is 0 Å². The Hall–Kier alpha value is -1.43. The minimum atomic E-state index is -0.519. The number of amides is 2. The van der Waals surface area contributed by atoms with Crippen LogP contribution in [0.3, 0.4) is 0 Å². The number of carbonyl (C=O) groups is 1. The molecule has 0 saturated carbocycles. The maximum atomic E-state index is 10.4. The molecule has 1 aromatic carbocycles. The number of nitrogen functional groups attached to an aromatic ring is 1. The van der Waals surface area contributed by atoms with Gasteiger partial charge in [-0.3, -0.25) is 0 Å². The standard InChI is InChI=1S/C10H15BrN4O/c1-6-4-9(7(11)5-8(6)12)14-2-3-15-10(13)16/h4-5,14H,2-3,12H2,1H3,(H3,13,15,16). The summed E-state index contributed by atoms with van der Waals surface area (Å²) in [5, 5.41) is 5.66. The van der Waals surface area contributed by atoms with Crippen molar-refractivity contribution in [3.05, 3.63) is 22.2 Å². The van der Waals surface area contributed by atoms with Crippen LogP contribution in [-0.4, -0.2) is 19.1 Å². The van der Waals surface area contributed by atoms with Crippen molar-refractivity contribution in [1.82, 2.24) is 5.32 Å². The number of rotatable bonds is 4. The van der Waals surface area contributed by atoms with Crippen LogP contribution in [-0.2, 0) is 0 Å². The Kier molecular flexibility index (Phi) is 4.42. The second-order valence-electron chi connectivity index (χ2n) is 3.41. The predicted molar refractivity (Wildman–Crippen MR) is 69.4 cm³/mol. The lowest BCUT2D eigenvalue weighted by Gasteiger charge is -2.11. The first-order valence-electron chi connectivity index (χ1n) is 4.83. The minimum Gasteiger partial charge on any atom is -0.398 e. The molecule has 0 bridgehead atoms. The number of urea groups is 1. The molecule has 6 N–H and O–H groups in total. The van der Waals surface area contributed by atoms with Gasteiger partial charge in [-0.2, -0.15) is 0 Å². The van der Waals surface area contributed by atoms with E-state index in [1.54, 1.807) is 0 Å². The average Bonchev–Trinajstić information content (AvgIpc) is 2.19. The number of benzene rings is 1. The molecule has 0 fully saturated rings. The molecule has 0 saturated heterocycles. The zero-order chi connectivity index (χ0) is 12.1. The van der Waals surface area contributed by atoms with E-state index < -0.39 is 6.03 Å². The molecule has 5 nitrogen and oxygen atoms in total. The van der Waals surface area contributed by atoms with Crippen molar-refractivity contribution < 1.29 is 4.79 Å². The highest BCUT2D eigenvalue weighted by atomic mass is 79.9. The topological polar surface area (TPSA) is 93.2 Å². The molecule has 0 unspecified atom stereocenters. The first-order valence-corrected chi connectivity index (χ1v) is 5.63. The predicted octanol–water partition coefficient (Wildman–Crippen LogP) is 1.42. The van der Waals surface area contributed by atoms with Crippen molar-refractivity contribution in [3.8, 4) is 0 Å². The number of anilines is 2. The first-order chi connectivity index (χ1) is 7.50. The van der Waals surface area contributed by atoms with E-state index in [4.69, 9.17) is 11.5 Å². The summed E-state index contributed by atoms with van der Waals surface area (Å²) in [5.74, 6) is 0. The van der Waals surface area contributed by atoms with E-state index in [0.717, 1.165) is 21.4 Å². The highest BCUT2D eigenvalue weighted by Gasteiger charge is 2.02. The lowest BCUT2D eigenvalue weighted by molar-refractivity contribution is 0.249. The quantitative estimate of drug-likeness (QED) is 0.498. The average molecular weight is 287 g/mol. The molecule has 0 heterocycles. The highest BCUT2D eigenvalue weighted by Crippen LogP contribution is 2.27. The smallest absolute Gasteiger partial charge is 0.312 e. The van der Waals surface area contributed by atoms with Crippen LogP contribution in [0, 0.1) is 6.92 Å². The molecule has 2 amide bonds. The van der Waals surface area contributed by atoms with Gasteiger partial charge in [0, 0.05) is 28.9 Å². The molecule has 1 aromatic rings. The second-order valence-corrected chi connectivity index (χ2v) is 4.26. The fourth-order valence-electron chi connectivity index (χ4n) is 1.22. The molecule has 0 aromatic heterocycles. The molecule has 0 radical (unpaired) electrons. The van der Waals surface area contributed by atoms with E-state index in [0.29, 0.717) is 13.1 Å². The molecule has 0 spiro atoms. The summed E-state index contributed by atoms with van der Waals surface area (Å²) >= 11 is 3.41. The van der Waals surface area contributed by atoms with Gasteiger partial charge in [-0.05, 0) is 40.5 Å². The van der Waals surface area contributed by atoms with Crippen LogP contribution >= 0.6 is 15.9 Å². The monoisotopic (exact) mass is 286 g/mol. The Morgan fingerprint density at radius 3 is 2.75 bits per heavy atom. The van der Waals surface area contributed by atoms with Gasteiger partial charge in [-0.15, -0.1) is 0 Å². The van der Waals surface area contributed by atoms with Crippen LogP contribution in [0.15, 0.2) is 16.6 Å². The van der Waals surface area contributed by atoms with Gasteiger partial charge < -0.3 is 22.1 Å². The van der Waals surface area contributed by atoms with Crippen LogP contribution in [0.2, 0.25) is 0 Å². The number of carbonyl (C=O) groups excluding carboxylic acids is 1. The molecule has 0 aliphatic carbocycles. The number of nitrogens with two attached hydrogens (primary N) is 2. The third kappa shape index (κ3) is 3.62. The molecule has 6 heteroatoms. The third-order valence-electron chi connectivity index (χ3n) is 2.10. The summed E-state index contributed by atoms with van der Waals surface area (Å²) in [7, 11) is 0. The second kappa shape index (κ2) is 5.60. The minimum absolute atomic E-state index is 0.477. The molecule has 0 aliphatic heterocycles. The summed E-state index contributed by atoms with van der Waals surface area (Å²) in [4.78, 5) is 10.4. The molecule has 0 aliphatic rings. The van der Waals surface area contributed by atoms with Gasteiger partial charge in [0.15, 0.2) is 0 Å². The lowest BCUT2D eigenvalue weighted by Crippen LogP contribution is -2.33. The van der Waals surface area contributed by atoms with Gasteiger partial charge in [0.2, 0.25) is 0 Å². The lowest BCUT2D eigenvalue weighted by atomic mass is 10.2. The normalized spacial score (nSPS) is 9.88. The van der Waals surface area contributed by atoms with Crippen LogP contribution in [0.1, 0.15) is 5.56 Å². The molecule has 88 valence electrons. The molecule has 1 rings (SSSR count). The molecule has 0 atom stereocenters. The first kappa shape index (κ1) is 12.6. The Balaban J connectivity index is 2.54. The Morgan fingerprint density at radius 1 is 1.44 bits per heavy atom.